The number of nitrogens with one attached hydrogen (secondary N) is 1. The van der Waals surface area contributed by atoms with Crippen molar-refractivity contribution in [1.82, 2.24) is 10.2 Å². The number of likely N-dealkylation sites (tertiary alicyclic amines) is 1. The second-order valence-electron chi connectivity index (χ2n) is 6.14. The third-order valence-electron chi connectivity index (χ3n) is 4.64. The third kappa shape index (κ3) is 2.70. The summed E-state index contributed by atoms with van der Waals surface area (Å²) in [5.74, 6) is 1.29. The van der Waals surface area contributed by atoms with Gasteiger partial charge in [0.2, 0.25) is 5.91 Å². The fraction of sp³-hybridized carbons (Fsp3) is 0.562. The summed E-state index contributed by atoms with van der Waals surface area (Å²) in [6, 6.07) is 6.56. The van der Waals surface area contributed by atoms with E-state index in [0.717, 1.165) is 31.7 Å². The van der Waals surface area contributed by atoms with E-state index in [1.807, 2.05) is 17.9 Å². The summed E-state index contributed by atoms with van der Waals surface area (Å²) in [7, 11) is 0. The molecule has 2 fully saturated rings. The van der Waals surface area contributed by atoms with Crippen LogP contribution in [0.2, 0.25) is 0 Å². The van der Waals surface area contributed by atoms with Gasteiger partial charge in [0.15, 0.2) is 0 Å². The normalized spacial score (nSPS) is 26.6. The molecule has 2 heterocycles. The Hall–Kier alpha value is -1.42. The van der Waals surface area contributed by atoms with Gasteiger partial charge >= 0.3 is 0 Å². The lowest BCUT2D eigenvalue weighted by Crippen LogP contribution is -2.32. The molecular weight excluding hydrogens is 255 g/mol. The number of benzene rings is 1. The summed E-state index contributed by atoms with van der Waals surface area (Å²) in [4.78, 5) is 14.3. The number of amides is 1. The van der Waals surface area contributed by atoms with Crippen LogP contribution in [0.15, 0.2) is 24.3 Å². The molecule has 108 valence electrons. The van der Waals surface area contributed by atoms with Gasteiger partial charge in [-0.2, -0.15) is 0 Å². The predicted octanol–water partition coefficient (Wildman–Crippen LogP) is 2.00. The van der Waals surface area contributed by atoms with Gasteiger partial charge in [0.1, 0.15) is 5.82 Å². The van der Waals surface area contributed by atoms with Crippen LogP contribution < -0.4 is 5.32 Å². The molecule has 0 spiro atoms. The maximum atomic E-state index is 13.2. The molecule has 1 aromatic rings. The van der Waals surface area contributed by atoms with Crippen LogP contribution in [-0.2, 0) is 4.79 Å². The molecule has 0 bridgehead atoms. The van der Waals surface area contributed by atoms with Crippen LogP contribution in [0.25, 0.3) is 0 Å². The highest BCUT2D eigenvalue weighted by molar-refractivity contribution is 5.77. The maximum Gasteiger partial charge on any atom is 0.223 e. The first-order chi connectivity index (χ1) is 9.63. The molecule has 3 rings (SSSR count). The minimum absolute atomic E-state index is 0.0664. The summed E-state index contributed by atoms with van der Waals surface area (Å²) < 4.78 is 13.2. The van der Waals surface area contributed by atoms with E-state index in [1.54, 1.807) is 6.07 Å². The molecule has 2 saturated heterocycles. The van der Waals surface area contributed by atoms with Crippen molar-refractivity contribution in [3.63, 3.8) is 0 Å². The van der Waals surface area contributed by atoms with Crippen molar-refractivity contribution in [3.05, 3.63) is 35.6 Å². The Balaban J connectivity index is 1.59. The zero-order chi connectivity index (χ0) is 14.1. The van der Waals surface area contributed by atoms with Gasteiger partial charge in [-0.1, -0.05) is 19.1 Å². The van der Waals surface area contributed by atoms with Crippen LogP contribution in [0.5, 0.6) is 0 Å². The van der Waals surface area contributed by atoms with E-state index in [2.05, 4.69) is 5.32 Å². The second-order valence-corrected chi connectivity index (χ2v) is 6.14. The first-order valence-corrected chi connectivity index (χ1v) is 7.37. The number of carbonyl (C=O) groups excluding carboxylic acids is 1. The average molecular weight is 276 g/mol. The van der Waals surface area contributed by atoms with Gasteiger partial charge in [0, 0.05) is 32.6 Å². The number of halogens is 1. The van der Waals surface area contributed by atoms with E-state index in [4.69, 9.17) is 0 Å². The average Bonchev–Trinajstić information content (AvgIpc) is 2.99. The van der Waals surface area contributed by atoms with Crippen LogP contribution in [0, 0.1) is 17.7 Å². The van der Waals surface area contributed by atoms with Gasteiger partial charge in [0.25, 0.3) is 0 Å². The first-order valence-electron chi connectivity index (χ1n) is 7.37. The molecule has 0 aliphatic carbocycles. The smallest absolute Gasteiger partial charge is 0.223 e. The highest BCUT2D eigenvalue weighted by Crippen LogP contribution is 2.28. The van der Waals surface area contributed by atoms with Gasteiger partial charge in [-0.3, -0.25) is 4.79 Å². The Morgan fingerprint density at radius 3 is 2.75 bits per heavy atom. The lowest BCUT2D eigenvalue weighted by molar-refractivity contribution is -0.130. The predicted molar refractivity (Wildman–Crippen MR) is 75.9 cm³/mol. The zero-order valence-electron chi connectivity index (χ0n) is 11.8. The van der Waals surface area contributed by atoms with Crippen molar-refractivity contribution in [2.45, 2.75) is 19.3 Å². The minimum Gasteiger partial charge on any atom is -0.342 e. The van der Waals surface area contributed by atoms with Crippen LogP contribution in [-0.4, -0.2) is 37.0 Å². The third-order valence-corrected chi connectivity index (χ3v) is 4.64. The summed E-state index contributed by atoms with van der Waals surface area (Å²) in [6.45, 7) is 5.83. The number of hydrogen-bond donors (Lipinski definition) is 1. The molecule has 0 saturated carbocycles. The van der Waals surface area contributed by atoms with E-state index >= 15 is 0 Å². The zero-order valence-corrected chi connectivity index (χ0v) is 11.8. The Morgan fingerprint density at radius 1 is 1.40 bits per heavy atom. The summed E-state index contributed by atoms with van der Waals surface area (Å²) in [5.41, 5.74) is 0.902. The molecule has 4 heteroatoms. The van der Waals surface area contributed by atoms with Crippen LogP contribution >= 0.6 is 0 Å². The topological polar surface area (TPSA) is 32.3 Å². The largest absolute Gasteiger partial charge is 0.342 e. The van der Waals surface area contributed by atoms with Crippen molar-refractivity contribution in [2.75, 3.05) is 26.2 Å². The molecular formula is C16H21FN2O. The van der Waals surface area contributed by atoms with Crippen molar-refractivity contribution >= 4 is 5.91 Å². The number of fused-ring (bicyclic) bond motifs is 1. The fourth-order valence-electron chi connectivity index (χ4n) is 3.38. The Kier molecular flexibility index (Phi) is 3.74. The van der Waals surface area contributed by atoms with Gasteiger partial charge < -0.3 is 10.2 Å². The highest BCUT2D eigenvalue weighted by Gasteiger charge is 2.38. The second kappa shape index (κ2) is 5.52. The lowest BCUT2D eigenvalue weighted by atomic mass is 9.97. The monoisotopic (exact) mass is 276 g/mol. The maximum absolute atomic E-state index is 13.2. The van der Waals surface area contributed by atoms with Crippen LogP contribution in [0.3, 0.4) is 0 Å². The molecule has 3 atom stereocenters. The van der Waals surface area contributed by atoms with Gasteiger partial charge in [-0.25, -0.2) is 4.39 Å². The quantitative estimate of drug-likeness (QED) is 0.916. The molecule has 0 radical (unpaired) electrons. The van der Waals surface area contributed by atoms with E-state index < -0.39 is 0 Å². The molecule has 1 amide bonds. The summed E-state index contributed by atoms with van der Waals surface area (Å²) >= 11 is 0. The summed E-state index contributed by atoms with van der Waals surface area (Å²) in [6.07, 6.45) is 0.469. The Morgan fingerprint density at radius 2 is 2.10 bits per heavy atom. The molecule has 2 aliphatic heterocycles. The number of nitrogens with zero attached hydrogens (tertiary/aromatic N) is 1. The molecule has 1 aromatic carbocycles. The van der Waals surface area contributed by atoms with Crippen molar-refractivity contribution < 1.29 is 9.18 Å². The molecule has 20 heavy (non-hydrogen) atoms. The van der Waals surface area contributed by atoms with E-state index in [1.165, 1.54) is 12.1 Å². The van der Waals surface area contributed by atoms with Gasteiger partial charge in [-0.15, -0.1) is 0 Å². The van der Waals surface area contributed by atoms with Gasteiger partial charge in [0.05, 0.1) is 0 Å². The fourth-order valence-corrected chi connectivity index (χ4v) is 3.38. The van der Waals surface area contributed by atoms with Crippen molar-refractivity contribution in [2.24, 2.45) is 11.8 Å². The minimum atomic E-state index is -0.233. The highest BCUT2D eigenvalue weighted by atomic mass is 19.1. The Bertz CT molecular complexity index is 493. The molecule has 3 nitrogen and oxygen atoms in total. The molecule has 1 unspecified atom stereocenters. The standard InChI is InChI=1S/C16H21FN2O/c1-11(12-3-2-4-15(17)6-12)5-16(20)19-9-13-7-18-8-14(13)10-19/h2-4,6,11,13-14,18H,5,7-10H2,1H3/t11?,13-,14+. The van der Waals surface area contributed by atoms with Crippen molar-refractivity contribution in [1.29, 1.82) is 0 Å². The summed E-state index contributed by atoms with van der Waals surface area (Å²) in [5, 5.41) is 3.38. The Labute approximate surface area is 119 Å². The van der Waals surface area contributed by atoms with Crippen LogP contribution in [0.4, 0.5) is 4.39 Å². The molecule has 0 aromatic heterocycles. The number of carbonyl (C=O) groups is 1. The lowest BCUT2D eigenvalue weighted by Gasteiger charge is -2.20. The van der Waals surface area contributed by atoms with E-state index in [-0.39, 0.29) is 17.6 Å². The van der Waals surface area contributed by atoms with E-state index in [0.29, 0.717) is 18.3 Å². The number of rotatable bonds is 3. The first kappa shape index (κ1) is 13.6. The van der Waals surface area contributed by atoms with Crippen LogP contribution in [0.1, 0.15) is 24.8 Å². The molecule has 2 aliphatic rings. The van der Waals surface area contributed by atoms with Gasteiger partial charge in [-0.05, 0) is 35.4 Å². The van der Waals surface area contributed by atoms with Crippen molar-refractivity contribution in [3.8, 4) is 0 Å². The number of hydrogen-bond acceptors (Lipinski definition) is 2. The van der Waals surface area contributed by atoms with E-state index in [9.17, 15) is 9.18 Å². The molecule has 1 N–H and O–H groups in total. The SMILES string of the molecule is CC(CC(=O)N1C[C@H]2CNC[C@H]2C1)c1cccc(F)c1.